The molecule has 0 fully saturated rings. The van der Waals surface area contributed by atoms with Crippen LogP contribution in [-0.2, 0) is 6.54 Å². The smallest absolute Gasteiger partial charge is 0.392 e. The van der Waals surface area contributed by atoms with E-state index in [1.807, 2.05) is 0 Å². The van der Waals surface area contributed by atoms with Crippen LogP contribution in [0.4, 0.5) is 13.2 Å². The van der Waals surface area contributed by atoms with E-state index in [0.717, 1.165) is 5.56 Å². The summed E-state index contributed by atoms with van der Waals surface area (Å²) in [5, 5.41) is 16.4. The van der Waals surface area contributed by atoms with Gasteiger partial charge in [0.25, 0.3) is 5.91 Å². The molecule has 0 aliphatic carbocycles. The second-order valence-electron chi connectivity index (χ2n) is 6.58. The highest BCUT2D eigenvalue weighted by Gasteiger charge is 2.27. The molecule has 0 atom stereocenters. The second kappa shape index (κ2) is 9.08. The van der Waals surface area contributed by atoms with Crippen molar-refractivity contribution < 1.29 is 27.8 Å². The van der Waals surface area contributed by atoms with Gasteiger partial charge >= 0.3 is 6.18 Å². The van der Waals surface area contributed by atoms with E-state index in [2.05, 4.69) is 20.4 Å². The number of aliphatic hydroxyl groups is 1. The molecule has 3 aromatic heterocycles. The number of alkyl halides is 3. The van der Waals surface area contributed by atoms with Gasteiger partial charge in [0.05, 0.1) is 37.1 Å². The number of carbonyl (C=O) groups excluding carboxylic acids is 1. The number of aryl methyl sites for hydroxylation is 1. The molecule has 3 aromatic rings. The predicted octanol–water partition coefficient (Wildman–Crippen LogP) is 2.24. The van der Waals surface area contributed by atoms with Crippen LogP contribution in [0.5, 0.6) is 5.88 Å². The monoisotopic (exact) mass is 423 g/mol. The van der Waals surface area contributed by atoms with Crippen LogP contribution < -0.4 is 10.1 Å². The molecular weight excluding hydrogens is 403 g/mol. The summed E-state index contributed by atoms with van der Waals surface area (Å²) in [5.41, 5.74) is 2.16. The normalized spacial score (nSPS) is 11.6. The molecule has 0 aromatic carbocycles. The van der Waals surface area contributed by atoms with E-state index in [9.17, 15) is 18.0 Å². The van der Waals surface area contributed by atoms with E-state index in [0.29, 0.717) is 23.0 Å². The summed E-state index contributed by atoms with van der Waals surface area (Å²) in [6.45, 7) is 1.49. The van der Waals surface area contributed by atoms with Crippen molar-refractivity contribution in [2.75, 3.05) is 19.8 Å². The maximum Gasteiger partial charge on any atom is 0.392 e. The Morgan fingerprint density at radius 2 is 2.13 bits per heavy atom. The molecule has 8 nitrogen and oxygen atoms in total. The Hall–Kier alpha value is -3.21. The lowest BCUT2D eigenvalue weighted by Crippen LogP contribution is -2.27. The van der Waals surface area contributed by atoms with Crippen LogP contribution >= 0.6 is 0 Å². The Morgan fingerprint density at radius 1 is 1.33 bits per heavy atom. The standard InChI is InChI=1S/C19H20F3N5O3/c1-12-8-13(9-25-18(12)30-7-3-19(20,21)22)10-27-11-14-15(26-27)2-4-23-16(14)17(29)24-5-6-28/h2,4,8-9,11,28H,3,5-7,10H2,1H3,(H,24,29). The van der Waals surface area contributed by atoms with Crippen molar-refractivity contribution in [2.45, 2.75) is 26.1 Å². The summed E-state index contributed by atoms with van der Waals surface area (Å²) in [4.78, 5) is 20.4. The number of hydrogen-bond acceptors (Lipinski definition) is 6. The number of ether oxygens (including phenoxy) is 1. The van der Waals surface area contributed by atoms with E-state index < -0.39 is 25.1 Å². The number of amides is 1. The molecule has 0 aliphatic heterocycles. The third-order valence-corrected chi connectivity index (χ3v) is 4.15. The molecule has 30 heavy (non-hydrogen) atoms. The zero-order chi connectivity index (χ0) is 21.7. The average Bonchev–Trinajstić information content (AvgIpc) is 3.09. The molecule has 0 unspecified atom stereocenters. The molecule has 1 amide bonds. The minimum atomic E-state index is -4.28. The van der Waals surface area contributed by atoms with E-state index in [1.165, 1.54) is 12.4 Å². The van der Waals surface area contributed by atoms with Crippen molar-refractivity contribution in [2.24, 2.45) is 0 Å². The summed E-state index contributed by atoms with van der Waals surface area (Å²) < 4.78 is 43.5. The Kier molecular flexibility index (Phi) is 6.50. The molecule has 11 heteroatoms. The molecule has 3 heterocycles. The lowest BCUT2D eigenvalue weighted by atomic mass is 10.2. The van der Waals surface area contributed by atoms with Gasteiger partial charge in [0.1, 0.15) is 5.69 Å². The minimum Gasteiger partial charge on any atom is -0.477 e. The SMILES string of the molecule is Cc1cc(Cn2cc3c(C(=O)NCCO)nccc3n2)cnc1OCCC(F)(F)F. The summed E-state index contributed by atoms with van der Waals surface area (Å²) in [7, 11) is 0. The molecule has 2 N–H and O–H groups in total. The topological polar surface area (TPSA) is 102 Å². The average molecular weight is 423 g/mol. The quantitative estimate of drug-likeness (QED) is 0.576. The number of fused-ring (bicyclic) bond motifs is 1. The number of carbonyl (C=O) groups is 1. The van der Waals surface area contributed by atoms with E-state index >= 15 is 0 Å². The number of aliphatic hydroxyl groups excluding tert-OH is 1. The van der Waals surface area contributed by atoms with Crippen LogP contribution in [0.3, 0.4) is 0 Å². The highest BCUT2D eigenvalue weighted by molar-refractivity contribution is 6.04. The number of rotatable bonds is 8. The van der Waals surface area contributed by atoms with Crippen molar-refractivity contribution in [1.82, 2.24) is 25.1 Å². The van der Waals surface area contributed by atoms with Crippen molar-refractivity contribution in [3.8, 4) is 5.88 Å². The first-order chi connectivity index (χ1) is 14.3. The highest BCUT2D eigenvalue weighted by atomic mass is 19.4. The largest absolute Gasteiger partial charge is 0.477 e. The zero-order valence-electron chi connectivity index (χ0n) is 16.1. The number of nitrogens with one attached hydrogen (secondary N) is 1. The maximum absolute atomic E-state index is 12.2. The van der Waals surface area contributed by atoms with Crippen LogP contribution in [0.25, 0.3) is 10.9 Å². The fraction of sp³-hybridized carbons (Fsp3) is 0.368. The Balaban J connectivity index is 1.73. The minimum absolute atomic E-state index is 0.118. The van der Waals surface area contributed by atoms with Crippen LogP contribution in [0.1, 0.15) is 28.0 Å². The third kappa shape index (κ3) is 5.44. The van der Waals surface area contributed by atoms with Crippen LogP contribution in [0.15, 0.2) is 30.7 Å². The van der Waals surface area contributed by atoms with Crippen LogP contribution in [0.2, 0.25) is 0 Å². The van der Waals surface area contributed by atoms with E-state index in [-0.39, 0.29) is 24.7 Å². The zero-order valence-corrected chi connectivity index (χ0v) is 16.1. The molecule has 0 spiro atoms. The van der Waals surface area contributed by atoms with Gasteiger partial charge in [-0.15, -0.1) is 0 Å². The Labute approximate surface area is 169 Å². The van der Waals surface area contributed by atoms with Gasteiger partial charge in [-0.2, -0.15) is 18.3 Å². The molecule has 0 bridgehead atoms. The Bertz CT molecular complexity index is 1040. The number of aromatic nitrogens is 4. The fourth-order valence-corrected chi connectivity index (χ4v) is 2.82. The molecule has 160 valence electrons. The molecule has 0 aliphatic rings. The molecule has 0 saturated carbocycles. The van der Waals surface area contributed by atoms with Crippen LogP contribution in [-0.4, -0.2) is 56.7 Å². The van der Waals surface area contributed by atoms with Gasteiger partial charge in [-0.3, -0.25) is 14.5 Å². The van der Waals surface area contributed by atoms with E-state index in [4.69, 9.17) is 9.84 Å². The van der Waals surface area contributed by atoms with Crippen molar-refractivity contribution in [1.29, 1.82) is 0 Å². The first-order valence-corrected chi connectivity index (χ1v) is 9.13. The summed E-state index contributed by atoms with van der Waals surface area (Å²) in [6, 6.07) is 3.44. The first-order valence-electron chi connectivity index (χ1n) is 9.13. The van der Waals surface area contributed by atoms with Crippen molar-refractivity contribution in [3.05, 3.63) is 47.5 Å². The first kappa shape index (κ1) is 21.5. The van der Waals surface area contributed by atoms with Crippen LogP contribution in [0, 0.1) is 6.92 Å². The summed E-state index contributed by atoms with van der Waals surface area (Å²) in [6.07, 6.45) is -0.655. The lowest BCUT2D eigenvalue weighted by molar-refractivity contribution is -0.139. The van der Waals surface area contributed by atoms with Gasteiger partial charge < -0.3 is 15.2 Å². The second-order valence-corrected chi connectivity index (χ2v) is 6.58. The summed E-state index contributed by atoms with van der Waals surface area (Å²) in [5.74, 6) is -0.257. The fourth-order valence-electron chi connectivity index (χ4n) is 2.82. The number of pyridine rings is 2. The van der Waals surface area contributed by atoms with Gasteiger partial charge in [0, 0.05) is 30.7 Å². The third-order valence-electron chi connectivity index (χ3n) is 4.15. The molecular formula is C19H20F3N5O3. The molecule has 0 saturated heterocycles. The molecule has 0 radical (unpaired) electrons. The predicted molar refractivity (Wildman–Crippen MR) is 101 cm³/mol. The lowest BCUT2D eigenvalue weighted by Gasteiger charge is -2.11. The Morgan fingerprint density at radius 3 is 2.83 bits per heavy atom. The maximum atomic E-state index is 12.2. The van der Waals surface area contributed by atoms with Gasteiger partial charge in [0.2, 0.25) is 5.88 Å². The summed E-state index contributed by atoms with van der Waals surface area (Å²) >= 11 is 0. The van der Waals surface area contributed by atoms with Gasteiger partial charge in [-0.25, -0.2) is 4.98 Å². The van der Waals surface area contributed by atoms with Gasteiger partial charge in [-0.05, 0) is 24.6 Å². The highest BCUT2D eigenvalue weighted by Crippen LogP contribution is 2.22. The van der Waals surface area contributed by atoms with Crippen molar-refractivity contribution in [3.63, 3.8) is 0 Å². The van der Waals surface area contributed by atoms with Gasteiger partial charge in [0.15, 0.2) is 0 Å². The number of hydrogen-bond donors (Lipinski definition) is 2. The van der Waals surface area contributed by atoms with E-state index in [1.54, 1.807) is 29.9 Å². The van der Waals surface area contributed by atoms with Crippen molar-refractivity contribution >= 4 is 16.8 Å². The number of halogens is 3. The number of nitrogens with zero attached hydrogens (tertiary/aromatic N) is 4. The van der Waals surface area contributed by atoms with Gasteiger partial charge in [-0.1, -0.05) is 0 Å². The molecule has 3 rings (SSSR count).